The fourth-order valence-electron chi connectivity index (χ4n) is 4.39. The molecule has 0 spiro atoms. The number of likely N-dealkylation sites (tertiary alicyclic amines) is 1. The first-order valence-electron chi connectivity index (χ1n) is 12.1. The molecule has 2 fully saturated rings. The Hall–Kier alpha value is -2.74. The van der Waals surface area contributed by atoms with Crippen molar-refractivity contribution < 1.29 is 9.84 Å². The van der Waals surface area contributed by atoms with E-state index in [0.717, 1.165) is 37.4 Å². The highest BCUT2D eigenvalue weighted by atomic mass is 16.5. The van der Waals surface area contributed by atoms with Gasteiger partial charge in [-0.25, -0.2) is 9.98 Å². The highest BCUT2D eigenvalue weighted by Crippen LogP contribution is 2.28. The minimum absolute atomic E-state index is 0.0784. The van der Waals surface area contributed by atoms with Crippen molar-refractivity contribution in [3.05, 3.63) is 30.6 Å². The predicted octanol–water partition coefficient (Wildman–Crippen LogP) is 4.05. The van der Waals surface area contributed by atoms with Gasteiger partial charge in [-0.1, -0.05) is 32.3 Å². The van der Waals surface area contributed by atoms with Gasteiger partial charge in [0, 0.05) is 17.8 Å². The van der Waals surface area contributed by atoms with Crippen LogP contribution in [0.1, 0.15) is 58.3 Å². The first-order chi connectivity index (χ1) is 15.9. The first kappa shape index (κ1) is 24.9. The molecule has 1 aliphatic heterocycles. The third-order valence-electron chi connectivity index (χ3n) is 6.27. The van der Waals surface area contributed by atoms with Gasteiger partial charge >= 0.3 is 0 Å². The summed E-state index contributed by atoms with van der Waals surface area (Å²) in [6.07, 6.45) is 9.53. The fourth-order valence-corrected chi connectivity index (χ4v) is 4.39. The van der Waals surface area contributed by atoms with Crippen molar-refractivity contribution in [2.24, 2.45) is 9.98 Å². The van der Waals surface area contributed by atoms with Gasteiger partial charge in [-0.3, -0.25) is 0 Å². The number of methoxy groups -OCH3 is 1. The molecule has 182 valence electrons. The second kappa shape index (κ2) is 12.5. The van der Waals surface area contributed by atoms with E-state index in [2.05, 4.69) is 34.5 Å². The zero-order valence-electron chi connectivity index (χ0n) is 20.4. The molecule has 8 heteroatoms. The minimum Gasteiger partial charge on any atom is -0.504 e. The number of aromatic hydroxyl groups is 1. The van der Waals surface area contributed by atoms with Crippen LogP contribution >= 0.6 is 0 Å². The van der Waals surface area contributed by atoms with Gasteiger partial charge in [0.1, 0.15) is 5.84 Å². The Morgan fingerprint density at radius 3 is 2.45 bits per heavy atom. The molecule has 1 saturated carbocycles. The van der Waals surface area contributed by atoms with Crippen LogP contribution in [0.15, 0.2) is 40.6 Å². The van der Waals surface area contributed by atoms with E-state index < -0.39 is 0 Å². The quantitative estimate of drug-likeness (QED) is 0.293. The van der Waals surface area contributed by atoms with Crippen LogP contribution in [-0.4, -0.2) is 61.1 Å². The van der Waals surface area contributed by atoms with Crippen molar-refractivity contribution in [3.63, 3.8) is 0 Å². The van der Waals surface area contributed by atoms with Gasteiger partial charge in [0.15, 0.2) is 11.5 Å². The molecule has 3 rings (SSSR count). The smallest absolute Gasteiger partial charge is 0.225 e. The van der Waals surface area contributed by atoms with E-state index in [1.165, 1.54) is 45.6 Å². The molecule has 0 unspecified atom stereocenters. The van der Waals surface area contributed by atoms with Crippen molar-refractivity contribution in [1.82, 2.24) is 15.5 Å². The van der Waals surface area contributed by atoms with Crippen LogP contribution in [0.25, 0.3) is 0 Å². The molecule has 4 N–H and O–H groups in total. The average molecular weight is 457 g/mol. The van der Waals surface area contributed by atoms with Gasteiger partial charge in [0.2, 0.25) is 5.96 Å². The molecule has 33 heavy (non-hydrogen) atoms. The van der Waals surface area contributed by atoms with E-state index in [9.17, 15) is 5.11 Å². The Labute approximate surface area is 198 Å². The lowest BCUT2D eigenvalue weighted by atomic mass is 10.1. The number of benzene rings is 1. The summed E-state index contributed by atoms with van der Waals surface area (Å²) in [6, 6.07) is 5.85. The Bertz CT molecular complexity index is 837. The lowest BCUT2D eigenvalue weighted by Crippen LogP contribution is -2.38. The maximum absolute atomic E-state index is 10.1. The molecule has 1 saturated heterocycles. The summed E-state index contributed by atoms with van der Waals surface area (Å²) in [4.78, 5) is 12.0. The number of phenols is 1. The van der Waals surface area contributed by atoms with Gasteiger partial charge in [0.25, 0.3) is 0 Å². The van der Waals surface area contributed by atoms with Crippen LogP contribution in [0.3, 0.4) is 0 Å². The summed E-state index contributed by atoms with van der Waals surface area (Å²) in [5.74, 6) is 2.48. The van der Waals surface area contributed by atoms with Crippen molar-refractivity contribution in [2.45, 2.75) is 70.4 Å². The van der Waals surface area contributed by atoms with E-state index in [0.29, 0.717) is 23.6 Å². The Balaban J connectivity index is 1.70. The van der Waals surface area contributed by atoms with Crippen molar-refractivity contribution >= 4 is 17.5 Å². The van der Waals surface area contributed by atoms with E-state index in [1.807, 2.05) is 13.0 Å². The standard InChI is InChI=1S/C25H40N6O2/c1-18(26-20-9-7-5-6-8-10-20)28-25(30-21-13-15-31(3)16-14-21)29-19(2)27-22-11-12-24(33-4)23(32)17-22/h11-12,17,20-21,26,32H,1,5-10,13-16H2,2-4H3,(H2,27,28,29,30). The molecule has 1 aromatic carbocycles. The van der Waals surface area contributed by atoms with Gasteiger partial charge in [-0.15, -0.1) is 0 Å². The number of anilines is 1. The normalized spacial score (nSPS) is 19.6. The van der Waals surface area contributed by atoms with E-state index in [-0.39, 0.29) is 11.8 Å². The van der Waals surface area contributed by atoms with Crippen molar-refractivity contribution in [1.29, 1.82) is 0 Å². The van der Waals surface area contributed by atoms with Gasteiger partial charge in [-0.05, 0) is 64.9 Å². The largest absolute Gasteiger partial charge is 0.504 e. The summed E-state index contributed by atoms with van der Waals surface area (Å²) < 4.78 is 5.12. The van der Waals surface area contributed by atoms with E-state index in [1.54, 1.807) is 12.1 Å². The van der Waals surface area contributed by atoms with Crippen molar-refractivity contribution in [2.75, 3.05) is 32.6 Å². The number of nitrogens with zero attached hydrogens (tertiary/aromatic N) is 3. The van der Waals surface area contributed by atoms with Gasteiger partial charge in [0.05, 0.1) is 19.0 Å². The van der Waals surface area contributed by atoms with Crippen LogP contribution in [0.5, 0.6) is 11.5 Å². The number of aliphatic imine (C=N–C) groups is 2. The maximum Gasteiger partial charge on any atom is 0.225 e. The average Bonchev–Trinajstić information content (AvgIpc) is 3.04. The number of rotatable bonds is 6. The second-order valence-corrected chi connectivity index (χ2v) is 9.13. The van der Waals surface area contributed by atoms with E-state index >= 15 is 0 Å². The van der Waals surface area contributed by atoms with Crippen LogP contribution in [0.2, 0.25) is 0 Å². The number of amidine groups is 1. The number of hydrogen-bond acceptors (Lipinski definition) is 5. The summed E-state index contributed by atoms with van der Waals surface area (Å²) in [6.45, 7) is 8.15. The second-order valence-electron chi connectivity index (χ2n) is 9.13. The summed E-state index contributed by atoms with van der Waals surface area (Å²) in [7, 11) is 3.68. The van der Waals surface area contributed by atoms with Gasteiger partial charge in [-0.2, -0.15) is 0 Å². The van der Waals surface area contributed by atoms with Gasteiger partial charge < -0.3 is 30.7 Å². The Kier molecular flexibility index (Phi) is 9.42. The van der Waals surface area contributed by atoms with Crippen LogP contribution in [-0.2, 0) is 0 Å². The molecule has 1 heterocycles. The molecular weight excluding hydrogens is 416 g/mol. The van der Waals surface area contributed by atoms with Crippen LogP contribution < -0.4 is 20.7 Å². The third kappa shape index (κ3) is 8.28. The SMILES string of the molecule is C=C(NC(=NC1CCN(C)CC1)/N=C(\C)Nc1ccc(OC)c(O)c1)NC1CCCCCC1. The number of guanidine groups is 1. The molecule has 0 radical (unpaired) electrons. The summed E-state index contributed by atoms with van der Waals surface area (Å²) in [5.41, 5.74) is 0.726. The highest BCUT2D eigenvalue weighted by Gasteiger charge is 2.18. The molecular formula is C25H40N6O2. The number of hydrogen-bond donors (Lipinski definition) is 4. The van der Waals surface area contributed by atoms with Crippen LogP contribution in [0.4, 0.5) is 5.69 Å². The lowest BCUT2D eigenvalue weighted by Gasteiger charge is -2.27. The molecule has 2 aliphatic rings. The molecule has 0 atom stereocenters. The summed E-state index contributed by atoms with van der Waals surface area (Å²) >= 11 is 0. The number of phenolic OH excluding ortho intramolecular Hbond substituents is 1. The molecule has 8 nitrogen and oxygen atoms in total. The molecule has 0 aromatic heterocycles. The maximum atomic E-state index is 10.1. The number of ether oxygens (including phenoxy) is 1. The monoisotopic (exact) mass is 456 g/mol. The number of piperidine rings is 1. The van der Waals surface area contributed by atoms with Crippen LogP contribution in [0, 0.1) is 0 Å². The molecule has 1 aromatic rings. The zero-order chi connectivity index (χ0) is 23.6. The topological polar surface area (TPSA) is 93.5 Å². The summed E-state index contributed by atoms with van der Waals surface area (Å²) in [5, 5.41) is 20.1. The fraction of sp³-hybridized carbons (Fsp3) is 0.600. The molecule has 0 amide bonds. The first-order valence-corrected chi connectivity index (χ1v) is 12.1. The predicted molar refractivity (Wildman–Crippen MR) is 136 cm³/mol. The third-order valence-corrected chi connectivity index (χ3v) is 6.27. The van der Waals surface area contributed by atoms with Crippen molar-refractivity contribution in [3.8, 4) is 11.5 Å². The Morgan fingerprint density at radius 2 is 1.82 bits per heavy atom. The van der Waals surface area contributed by atoms with E-state index in [4.69, 9.17) is 14.7 Å². The molecule has 0 bridgehead atoms. The minimum atomic E-state index is 0.0784. The Morgan fingerprint density at radius 1 is 1.12 bits per heavy atom. The lowest BCUT2D eigenvalue weighted by molar-refractivity contribution is 0.257. The zero-order valence-corrected chi connectivity index (χ0v) is 20.4. The number of nitrogens with one attached hydrogen (secondary N) is 3. The highest BCUT2D eigenvalue weighted by molar-refractivity contribution is 6.02. The molecule has 1 aliphatic carbocycles.